The molecule has 0 unspecified atom stereocenters. The minimum atomic E-state index is 0.228. The highest BCUT2D eigenvalue weighted by Crippen LogP contribution is 2.36. The van der Waals surface area contributed by atoms with Crippen LogP contribution in [-0.2, 0) is 12.0 Å². The summed E-state index contributed by atoms with van der Waals surface area (Å²) >= 11 is 3.61. The Morgan fingerprint density at radius 3 is 2.68 bits per heavy atom. The summed E-state index contributed by atoms with van der Waals surface area (Å²) in [6.07, 6.45) is 1.16. The Labute approximate surface area is 123 Å². The van der Waals surface area contributed by atoms with E-state index in [0.29, 0.717) is 0 Å². The van der Waals surface area contributed by atoms with E-state index in [9.17, 15) is 0 Å². The number of rotatable bonds is 5. The summed E-state index contributed by atoms with van der Waals surface area (Å²) in [5.74, 6) is 0. The summed E-state index contributed by atoms with van der Waals surface area (Å²) in [7, 11) is 0. The van der Waals surface area contributed by atoms with Gasteiger partial charge in [0, 0.05) is 16.8 Å². The molecule has 0 bridgehead atoms. The molecule has 0 spiro atoms. The molecule has 0 amide bonds. The van der Waals surface area contributed by atoms with Gasteiger partial charge in [0.25, 0.3) is 0 Å². The molecular formula is C15H22N2S2. The van der Waals surface area contributed by atoms with Crippen LogP contribution in [0, 0.1) is 0 Å². The van der Waals surface area contributed by atoms with E-state index in [2.05, 4.69) is 50.5 Å². The average molecular weight is 294 g/mol. The molecule has 2 rings (SSSR count). The molecule has 0 aromatic carbocycles. The van der Waals surface area contributed by atoms with Crippen molar-refractivity contribution in [2.24, 2.45) is 0 Å². The van der Waals surface area contributed by atoms with E-state index in [4.69, 9.17) is 4.98 Å². The second-order valence-corrected chi connectivity index (χ2v) is 7.68. The van der Waals surface area contributed by atoms with Crippen molar-refractivity contribution in [3.63, 3.8) is 0 Å². The van der Waals surface area contributed by atoms with Crippen LogP contribution in [0.25, 0.3) is 9.88 Å². The van der Waals surface area contributed by atoms with Gasteiger partial charge in [0.05, 0.1) is 10.6 Å². The molecule has 0 radical (unpaired) electrons. The monoisotopic (exact) mass is 294 g/mol. The molecular weight excluding hydrogens is 272 g/mol. The number of nitrogens with zero attached hydrogens (tertiary/aromatic N) is 1. The third-order valence-electron chi connectivity index (χ3n) is 2.84. The van der Waals surface area contributed by atoms with Gasteiger partial charge in [0.1, 0.15) is 5.01 Å². The van der Waals surface area contributed by atoms with Gasteiger partial charge >= 0.3 is 0 Å². The second-order valence-electron chi connectivity index (χ2n) is 5.73. The van der Waals surface area contributed by atoms with Crippen LogP contribution >= 0.6 is 22.7 Å². The topological polar surface area (TPSA) is 24.9 Å². The Bertz CT molecular complexity index is 520. The molecule has 4 heteroatoms. The molecule has 2 heterocycles. The Kier molecular flexibility index (Phi) is 4.76. The standard InChI is InChI=1S/C15H22N2S2/c1-5-8-16-9-11-10-18-14(17-11)12-6-7-13(19-12)15(2,3)4/h6-7,10,16H,5,8-9H2,1-4H3. The molecule has 1 N–H and O–H groups in total. The van der Waals surface area contributed by atoms with Gasteiger partial charge in [-0.2, -0.15) is 0 Å². The lowest BCUT2D eigenvalue weighted by atomic mass is 9.95. The van der Waals surface area contributed by atoms with Gasteiger partial charge in [-0.3, -0.25) is 0 Å². The number of nitrogens with one attached hydrogen (secondary N) is 1. The maximum atomic E-state index is 4.71. The molecule has 0 atom stereocenters. The van der Waals surface area contributed by atoms with Crippen LogP contribution in [-0.4, -0.2) is 11.5 Å². The van der Waals surface area contributed by atoms with Crippen LogP contribution in [0.1, 0.15) is 44.7 Å². The van der Waals surface area contributed by atoms with Crippen LogP contribution < -0.4 is 5.32 Å². The molecule has 19 heavy (non-hydrogen) atoms. The van der Waals surface area contributed by atoms with E-state index >= 15 is 0 Å². The minimum Gasteiger partial charge on any atom is -0.311 e. The molecule has 0 aliphatic heterocycles. The van der Waals surface area contributed by atoms with Crippen molar-refractivity contribution in [1.82, 2.24) is 10.3 Å². The lowest BCUT2D eigenvalue weighted by Gasteiger charge is -2.15. The summed E-state index contributed by atoms with van der Waals surface area (Å²) in [6, 6.07) is 4.43. The first-order valence-electron chi connectivity index (χ1n) is 6.76. The fourth-order valence-electron chi connectivity index (χ4n) is 1.75. The summed E-state index contributed by atoms with van der Waals surface area (Å²) in [4.78, 5) is 7.42. The molecule has 2 aromatic heterocycles. The van der Waals surface area contributed by atoms with Gasteiger partial charge in [0.2, 0.25) is 0 Å². The third-order valence-corrected chi connectivity index (χ3v) is 5.41. The summed E-state index contributed by atoms with van der Waals surface area (Å²) in [5, 5.41) is 6.70. The Balaban J connectivity index is 2.08. The van der Waals surface area contributed by atoms with Crippen LogP contribution in [0.3, 0.4) is 0 Å². The summed E-state index contributed by atoms with van der Waals surface area (Å²) in [6.45, 7) is 10.9. The summed E-state index contributed by atoms with van der Waals surface area (Å²) in [5.41, 5.74) is 1.38. The lowest BCUT2D eigenvalue weighted by molar-refractivity contribution is 0.604. The number of thiazole rings is 1. The van der Waals surface area contributed by atoms with Crippen molar-refractivity contribution in [3.8, 4) is 9.88 Å². The maximum absolute atomic E-state index is 4.71. The van der Waals surface area contributed by atoms with Crippen molar-refractivity contribution in [2.75, 3.05) is 6.54 Å². The SMILES string of the molecule is CCCNCc1csc(-c2ccc(C(C)(C)C)s2)n1. The molecule has 2 aromatic rings. The summed E-state index contributed by atoms with van der Waals surface area (Å²) < 4.78 is 0. The van der Waals surface area contributed by atoms with Crippen molar-refractivity contribution in [2.45, 2.75) is 46.1 Å². The van der Waals surface area contributed by atoms with Gasteiger partial charge in [-0.25, -0.2) is 4.98 Å². The highest BCUT2D eigenvalue weighted by Gasteiger charge is 2.17. The first-order valence-corrected chi connectivity index (χ1v) is 8.46. The van der Waals surface area contributed by atoms with Crippen LogP contribution in [0.15, 0.2) is 17.5 Å². The molecule has 0 saturated carbocycles. The first kappa shape index (κ1) is 14.7. The zero-order valence-corrected chi connectivity index (χ0v) is 13.8. The van der Waals surface area contributed by atoms with Crippen LogP contribution in [0.2, 0.25) is 0 Å². The van der Waals surface area contributed by atoms with Gasteiger partial charge in [0.15, 0.2) is 0 Å². The van der Waals surface area contributed by atoms with Gasteiger partial charge in [-0.05, 0) is 30.5 Å². The second kappa shape index (κ2) is 6.16. The van der Waals surface area contributed by atoms with Crippen LogP contribution in [0.4, 0.5) is 0 Å². The van der Waals surface area contributed by atoms with Crippen molar-refractivity contribution in [3.05, 3.63) is 28.1 Å². The number of thiophene rings is 1. The molecule has 0 fully saturated rings. The van der Waals surface area contributed by atoms with Gasteiger partial charge < -0.3 is 5.32 Å². The van der Waals surface area contributed by atoms with E-state index in [1.807, 2.05) is 11.3 Å². The van der Waals surface area contributed by atoms with Crippen molar-refractivity contribution in [1.29, 1.82) is 0 Å². The highest BCUT2D eigenvalue weighted by molar-refractivity contribution is 7.21. The van der Waals surface area contributed by atoms with E-state index in [-0.39, 0.29) is 5.41 Å². The zero-order chi connectivity index (χ0) is 13.9. The van der Waals surface area contributed by atoms with Gasteiger partial charge in [-0.15, -0.1) is 22.7 Å². The fourth-order valence-corrected chi connectivity index (χ4v) is 3.71. The zero-order valence-electron chi connectivity index (χ0n) is 12.1. The third kappa shape index (κ3) is 3.88. The predicted molar refractivity (Wildman–Crippen MR) is 86.1 cm³/mol. The van der Waals surface area contributed by atoms with E-state index in [0.717, 1.165) is 30.2 Å². The minimum absolute atomic E-state index is 0.228. The van der Waals surface area contributed by atoms with E-state index in [1.54, 1.807) is 11.3 Å². The molecule has 104 valence electrons. The van der Waals surface area contributed by atoms with Gasteiger partial charge in [-0.1, -0.05) is 27.7 Å². The smallest absolute Gasteiger partial charge is 0.133 e. The number of hydrogen-bond acceptors (Lipinski definition) is 4. The number of aromatic nitrogens is 1. The van der Waals surface area contributed by atoms with E-state index in [1.165, 1.54) is 9.75 Å². The number of hydrogen-bond donors (Lipinski definition) is 1. The fraction of sp³-hybridized carbons (Fsp3) is 0.533. The quantitative estimate of drug-likeness (QED) is 0.811. The molecule has 0 aliphatic rings. The molecule has 2 nitrogen and oxygen atoms in total. The Hall–Kier alpha value is -0.710. The first-order chi connectivity index (χ1) is 9.00. The van der Waals surface area contributed by atoms with Crippen LogP contribution in [0.5, 0.6) is 0 Å². The average Bonchev–Trinajstić information content (AvgIpc) is 2.96. The Morgan fingerprint density at radius 1 is 1.26 bits per heavy atom. The molecule has 0 aliphatic carbocycles. The van der Waals surface area contributed by atoms with E-state index < -0.39 is 0 Å². The van der Waals surface area contributed by atoms with Crippen molar-refractivity contribution < 1.29 is 0 Å². The largest absolute Gasteiger partial charge is 0.311 e. The van der Waals surface area contributed by atoms with Crippen molar-refractivity contribution >= 4 is 22.7 Å². The normalized spacial score (nSPS) is 12.0. The Morgan fingerprint density at radius 2 is 2.05 bits per heavy atom. The predicted octanol–water partition coefficient (Wildman–Crippen LogP) is 4.67. The lowest BCUT2D eigenvalue weighted by Crippen LogP contribution is -2.13. The highest BCUT2D eigenvalue weighted by atomic mass is 32.1. The maximum Gasteiger partial charge on any atom is 0.133 e. The molecule has 0 saturated heterocycles.